The second kappa shape index (κ2) is 4.82. The van der Waals surface area contributed by atoms with Crippen molar-refractivity contribution in [2.24, 2.45) is 0 Å². The molecule has 0 spiro atoms. The van der Waals surface area contributed by atoms with E-state index >= 15 is 0 Å². The van der Waals surface area contributed by atoms with E-state index in [0.717, 1.165) is 15.6 Å². The van der Waals surface area contributed by atoms with Gasteiger partial charge in [0.1, 0.15) is 6.04 Å². The minimum absolute atomic E-state index is 0.0492. The van der Waals surface area contributed by atoms with E-state index in [4.69, 9.17) is 11.6 Å². The van der Waals surface area contributed by atoms with Crippen molar-refractivity contribution < 1.29 is 18.0 Å². The molecule has 1 aliphatic heterocycles. The van der Waals surface area contributed by atoms with E-state index < -0.39 is 34.4 Å². The van der Waals surface area contributed by atoms with Crippen LogP contribution in [0.2, 0.25) is 4.47 Å². The molecule has 2 rings (SSSR count). The van der Waals surface area contributed by atoms with Crippen molar-refractivity contribution in [1.82, 2.24) is 14.6 Å². The molecule has 2 amide bonds. The van der Waals surface area contributed by atoms with Crippen LogP contribution in [0.4, 0.5) is 0 Å². The standard InChI is InChI=1S/C9H10ClN3O4S2/c1-4-8(18-9(10)11-4)19(16,17)13-3-6(14)12-7(15)5(13)2/h5H,3H2,1-2H3,(H,12,14,15). The average molecular weight is 324 g/mol. The molecule has 19 heavy (non-hydrogen) atoms. The van der Waals surface area contributed by atoms with Gasteiger partial charge < -0.3 is 0 Å². The molecule has 0 saturated carbocycles. The molecule has 1 N–H and O–H groups in total. The molecule has 1 aliphatic rings. The van der Waals surface area contributed by atoms with Crippen LogP contribution >= 0.6 is 22.9 Å². The van der Waals surface area contributed by atoms with Crippen LogP contribution in [0.15, 0.2) is 4.21 Å². The van der Waals surface area contributed by atoms with E-state index in [2.05, 4.69) is 10.3 Å². The third-order valence-corrected chi connectivity index (χ3v) is 6.41. The molecule has 1 unspecified atom stereocenters. The van der Waals surface area contributed by atoms with E-state index in [1.807, 2.05) is 0 Å². The molecular formula is C9H10ClN3O4S2. The highest BCUT2D eigenvalue weighted by atomic mass is 35.5. The van der Waals surface area contributed by atoms with Gasteiger partial charge >= 0.3 is 0 Å². The minimum atomic E-state index is -3.96. The molecule has 1 atom stereocenters. The molecule has 0 aliphatic carbocycles. The van der Waals surface area contributed by atoms with E-state index in [0.29, 0.717) is 0 Å². The zero-order valence-corrected chi connectivity index (χ0v) is 12.4. The number of nitrogens with one attached hydrogen (secondary N) is 1. The summed E-state index contributed by atoms with van der Waals surface area (Å²) in [6.45, 7) is 2.52. The average Bonchev–Trinajstić information content (AvgIpc) is 2.63. The fourth-order valence-electron chi connectivity index (χ4n) is 1.68. The van der Waals surface area contributed by atoms with E-state index in [1.165, 1.54) is 13.8 Å². The summed E-state index contributed by atoms with van der Waals surface area (Å²) >= 11 is 6.48. The summed E-state index contributed by atoms with van der Waals surface area (Å²) < 4.78 is 25.8. The van der Waals surface area contributed by atoms with E-state index in [9.17, 15) is 18.0 Å². The van der Waals surface area contributed by atoms with Crippen LogP contribution in [0.3, 0.4) is 0 Å². The van der Waals surface area contributed by atoms with Crippen molar-refractivity contribution in [3.05, 3.63) is 10.2 Å². The molecule has 1 saturated heterocycles. The molecule has 2 heterocycles. The zero-order chi connectivity index (χ0) is 14.4. The minimum Gasteiger partial charge on any atom is -0.294 e. The lowest BCUT2D eigenvalue weighted by atomic mass is 10.2. The van der Waals surface area contributed by atoms with Gasteiger partial charge in [0.25, 0.3) is 10.0 Å². The summed E-state index contributed by atoms with van der Waals surface area (Å²) in [5.74, 6) is -1.30. The SMILES string of the molecule is Cc1nc(Cl)sc1S(=O)(=O)N1CC(=O)NC(=O)C1C. The Bertz CT molecular complexity index is 654. The third-order valence-electron chi connectivity index (χ3n) is 2.64. The molecule has 0 aromatic carbocycles. The Morgan fingerprint density at radius 3 is 2.63 bits per heavy atom. The van der Waals surface area contributed by atoms with Gasteiger partial charge in [-0.1, -0.05) is 22.9 Å². The van der Waals surface area contributed by atoms with Gasteiger partial charge in [0, 0.05) is 0 Å². The smallest absolute Gasteiger partial charge is 0.255 e. The number of thiazole rings is 1. The van der Waals surface area contributed by atoms with Crippen molar-refractivity contribution in [2.45, 2.75) is 24.1 Å². The van der Waals surface area contributed by atoms with Gasteiger partial charge in [-0.25, -0.2) is 13.4 Å². The number of rotatable bonds is 2. The quantitative estimate of drug-likeness (QED) is 0.781. The van der Waals surface area contributed by atoms with Crippen molar-refractivity contribution >= 4 is 44.8 Å². The van der Waals surface area contributed by atoms with Gasteiger partial charge in [-0.2, -0.15) is 4.31 Å². The first-order valence-electron chi connectivity index (χ1n) is 5.22. The summed E-state index contributed by atoms with van der Waals surface area (Å²) in [6.07, 6.45) is 0. The Labute approximate surface area is 118 Å². The van der Waals surface area contributed by atoms with E-state index in [-0.39, 0.29) is 14.4 Å². The van der Waals surface area contributed by atoms with Crippen LogP contribution in [0.1, 0.15) is 12.6 Å². The second-order valence-electron chi connectivity index (χ2n) is 3.98. The molecule has 0 bridgehead atoms. The van der Waals surface area contributed by atoms with Gasteiger partial charge in [-0.05, 0) is 13.8 Å². The number of carbonyl (C=O) groups is 2. The van der Waals surface area contributed by atoms with Gasteiger partial charge in [0.15, 0.2) is 8.68 Å². The number of aryl methyl sites for hydroxylation is 1. The third kappa shape index (κ3) is 2.50. The largest absolute Gasteiger partial charge is 0.294 e. The monoisotopic (exact) mass is 323 g/mol. The van der Waals surface area contributed by atoms with E-state index in [1.54, 1.807) is 0 Å². The van der Waals surface area contributed by atoms with Crippen LogP contribution in [0.5, 0.6) is 0 Å². The second-order valence-corrected chi connectivity index (χ2v) is 7.65. The summed E-state index contributed by atoms with van der Waals surface area (Å²) in [7, 11) is -3.96. The van der Waals surface area contributed by atoms with Crippen molar-refractivity contribution in [3.8, 4) is 0 Å². The van der Waals surface area contributed by atoms with Gasteiger partial charge in [-0.15, -0.1) is 0 Å². The molecule has 0 radical (unpaired) electrons. The molecule has 1 fully saturated rings. The number of halogens is 1. The highest BCUT2D eigenvalue weighted by Crippen LogP contribution is 2.30. The summed E-state index contributed by atoms with van der Waals surface area (Å²) in [4.78, 5) is 26.7. The maximum atomic E-state index is 12.4. The Morgan fingerprint density at radius 1 is 1.47 bits per heavy atom. The Hall–Kier alpha value is -1.03. The molecular weight excluding hydrogens is 314 g/mol. The number of hydrogen-bond donors (Lipinski definition) is 1. The van der Waals surface area contributed by atoms with Crippen molar-refractivity contribution in [2.75, 3.05) is 6.54 Å². The number of aromatic nitrogens is 1. The summed E-state index contributed by atoms with van der Waals surface area (Å²) in [5.41, 5.74) is 0.251. The number of hydrogen-bond acceptors (Lipinski definition) is 6. The first kappa shape index (κ1) is 14.4. The number of sulfonamides is 1. The molecule has 104 valence electrons. The van der Waals surface area contributed by atoms with Crippen LogP contribution < -0.4 is 5.32 Å². The molecule has 10 heteroatoms. The molecule has 7 nitrogen and oxygen atoms in total. The number of carbonyl (C=O) groups excluding carboxylic acids is 2. The Kier molecular flexibility index (Phi) is 3.65. The van der Waals surface area contributed by atoms with Crippen molar-refractivity contribution in [3.63, 3.8) is 0 Å². The number of piperazine rings is 1. The van der Waals surface area contributed by atoms with Gasteiger partial charge in [0.05, 0.1) is 12.2 Å². The number of nitrogens with zero attached hydrogens (tertiary/aromatic N) is 2. The number of amides is 2. The highest BCUT2D eigenvalue weighted by molar-refractivity contribution is 7.91. The van der Waals surface area contributed by atoms with Gasteiger partial charge in [0.2, 0.25) is 11.8 Å². The van der Waals surface area contributed by atoms with Crippen LogP contribution in [0, 0.1) is 6.92 Å². The fourth-order valence-corrected chi connectivity index (χ4v) is 5.08. The summed E-state index contributed by atoms with van der Waals surface area (Å²) in [6, 6.07) is -0.956. The first-order chi connectivity index (χ1) is 8.73. The van der Waals surface area contributed by atoms with Crippen LogP contribution in [0.25, 0.3) is 0 Å². The first-order valence-corrected chi connectivity index (χ1v) is 7.85. The normalized spacial score (nSPS) is 21.5. The predicted molar refractivity (Wildman–Crippen MR) is 68.4 cm³/mol. The predicted octanol–water partition coefficient (Wildman–Crippen LogP) is 0.141. The summed E-state index contributed by atoms with van der Waals surface area (Å²) in [5, 5.41) is 2.08. The molecule has 1 aromatic heterocycles. The van der Waals surface area contributed by atoms with Crippen molar-refractivity contribution in [1.29, 1.82) is 0 Å². The lowest BCUT2D eigenvalue weighted by Gasteiger charge is -2.30. The molecule has 1 aromatic rings. The van der Waals surface area contributed by atoms with Gasteiger partial charge in [-0.3, -0.25) is 14.9 Å². The van der Waals surface area contributed by atoms with Crippen LogP contribution in [-0.2, 0) is 19.6 Å². The zero-order valence-electron chi connectivity index (χ0n) is 10.0. The fraction of sp³-hybridized carbons (Fsp3) is 0.444. The van der Waals surface area contributed by atoms with Crippen LogP contribution in [-0.4, -0.2) is 42.1 Å². The highest BCUT2D eigenvalue weighted by Gasteiger charge is 2.40. The topological polar surface area (TPSA) is 96.4 Å². The lowest BCUT2D eigenvalue weighted by molar-refractivity contribution is -0.136. The Balaban J connectivity index is 2.47. The maximum Gasteiger partial charge on any atom is 0.255 e. The lowest BCUT2D eigenvalue weighted by Crippen LogP contribution is -2.58. The maximum absolute atomic E-state index is 12.4. The number of imide groups is 1. The Morgan fingerprint density at radius 2 is 2.11 bits per heavy atom.